The smallest absolute Gasteiger partial charge is 0.232 e. The zero-order chi connectivity index (χ0) is 12.2. The van der Waals surface area contributed by atoms with Crippen LogP contribution in [0.1, 0.15) is 24.5 Å². The first kappa shape index (κ1) is 14.4. The van der Waals surface area contributed by atoms with Crippen molar-refractivity contribution in [3.63, 3.8) is 0 Å². The van der Waals surface area contributed by atoms with Crippen molar-refractivity contribution in [1.29, 1.82) is 0 Å². The van der Waals surface area contributed by atoms with Crippen LogP contribution in [0.25, 0.3) is 0 Å². The molecule has 88 valence electrons. The van der Waals surface area contributed by atoms with E-state index >= 15 is 0 Å². The lowest BCUT2D eigenvalue weighted by Crippen LogP contribution is -2.24. The molecule has 0 bridgehead atoms. The highest BCUT2D eigenvalue weighted by atomic mass is 32.2. The lowest BCUT2D eigenvalue weighted by atomic mass is 10.5. The molecule has 0 aliphatic rings. The maximum absolute atomic E-state index is 11.2. The summed E-state index contributed by atoms with van der Waals surface area (Å²) in [5.41, 5.74) is 0.760. The monoisotopic (exact) mass is 250 g/mol. The van der Waals surface area contributed by atoms with Gasteiger partial charge < -0.3 is 0 Å². The molecule has 0 spiro atoms. The molecular weight excluding hydrogens is 232 g/mol. The molecule has 0 saturated carbocycles. The van der Waals surface area contributed by atoms with E-state index in [2.05, 4.69) is 4.98 Å². The minimum absolute atomic E-state index is 0.694. The van der Waals surface area contributed by atoms with Gasteiger partial charge in [0.05, 0.1) is 17.0 Å². The highest BCUT2D eigenvalue weighted by Crippen LogP contribution is 2.27. The van der Waals surface area contributed by atoms with Crippen molar-refractivity contribution < 1.29 is 8.42 Å². The molecule has 0 aromatic carbocycles. The molecule has 1 rings (SSSR count). The summed E-state index contributed by atoms with van der Waals surface area (Å²) < 4.78 is 23.7. The third-order valence-corrected chi connectivity index (χ3v) is 4.10. The Kier molecular flexibility index (Phi) is 5.23. The molecule has 0 aliphatic heterocycles. The molecule has 0 unspecified atom stereocenters. The molecule has 15 heavy (non-hydrogen) atoms. The van der Waals surface area contributed by atoms with Crippen LogP contribution in [0.5, 0.6) is 0 Å². The van der Waals surface area contributed by atoms with Gasteiger partial charge in [0, 0.05) is 7.05 Å². The van der Waals surface area contributed by atoms with Crippen LogP contribution >= 0.6 is 11.3 Å². The normalized spacial score (nSPS) is 10.5. The lowest BCUT2D eigenvalue weighted by Gasteiger charge is -2.14. The standard InChI is InChI=1S/C7H12N2O2S2.C2H6/c1-5-7(12-6(2)8-5)9(3)13(4,10)11;1-2/h1-4H3;1-2H3. The first-order chi connectivity index (χ1) is 6.82. The third-order valence-electron chi connectivity index (χ3n) is 1.66. The third kappa shape index (κ3) is 3.79. The number of sulfonamides is 1. The van der Waals surface area contributed by atoms with E-state index in [-0.39, 0.29) is 0 Å². The van der Waals surface area contributed by atoms with Crippen LogP contribution < -0.4 is 4.31 Å². The molecule has 0 N–H and O–H groups in total. The van der Waals surface area contributed by atoms with E-state index in [0.717, 1.165) is 10.7 Å². The van der Waals surface area contributed by atoms with Crippen LogP contribution in [0, 0.1) is 13.8 Å². The lowest BCUT2D eigenvalue weighted by molar-refractivity contribution is 0.600. The van der Waals surface area contributed by atoms with Gasteiger partial charge >= 0.3 is 0 Å². The van der Waals surface area contributed by atoms with Gasteiger partial charge in [-0.2, -0.15) is 0 Å². The Labute approximate surface area is 96.0 Å². The summed E-state index contributed by atoms with van der Waals surface area (Å²) in [4.78, 5) is 4.16. The van der Waals surface area contributed by atoms with E-state index in [1.807, 2.05) is 20.8 Å². The van der Waals surface area contributed by atoms with Crippen molar-refractivity contribution in [2.75, 3.05) is 17.6 Å². The van der Waals surface area contributed by atoms with Crippen LogP contribution in [0.15, 0.2) is 0 Å². The van der Waals surface area contributed by atoms with Gasteiger partial charge in [0.1, 0.15) is 5.00 Å². The predicted molar refractivity (Wildman–Crippen MR) is 66.2 cm³/mol. The average Bonchev–Trinajstić information content (AvgIpc) is 2.46. The summed E-state index contributed by atoms with van der Waals surface area (Å²) >= 11 is 1.38. The van der Waals surface area contributed by atoms with Crippen LogP contribution in [0.4, 0.5) is 5.00 Å². The van der Waals surface area contributed by atoms with Crippen LogP contribution in [-0.2, 0) is 10.0 Å². The average molecular weight is 250 g/mol. The van der Waals surface area contributed by atoms with Gasteiger partial charge in [0.15, 0.2) is 0 Å². The second-order valence-corrected chi connectivity index (χ2v) is 6.05. The molecule has 1 aromatic heterocycles. The largest absolute Gasteiger partial charge is 0.263 e. The quantitative estimate of drug-likeness (QED) is 0.808. The fourth-order valence-corrected chi connectivity index (χ4v) is 2.70. The van der Waals surface area contributed by atoms with Gasteiger partial charge in [0.25, 0.3) is 0 Å². The number of aryl methyl sites for hydroxylation is 2. The highest BCUT2D eigenvalue weighted by molar-refractivity contribution is 7.92. The molecule has 0 aliphatic carbocycles. The Bertz CT molecular complexity index is 410. The van der Waals surface area contributed by atoms with E-state index in [1.54, 1.807) is 6.92 Å². The summed E-state index contributed by atoms with van der Waals surface area (Å²) in [7, 11) is -1.62. The summed E-state index contributed by atoms with van der Waals surface area (Å²) in [6.07, 6.45) is 1.18. The van der Waals surface area contributed by atoms with Crippen molar-refractivity contribution in [3.05, 3.63) is 10.7 Å². The van der Waals surface area contributed by atoms with Gasteiger partial charge in [0.2, 0.25) is 10.0 Å². The molecule has 6 heteroatoms. The Morgan fingerprint density at radius 2 is 1.73 bits per heavy atom. The van der Waals surface area contributed by atoms with Crippen molar-refractivity contribution in [2.45, 2.75) is 27.7 Å². The minimum Gasteiger partial charge on any atom is -0.263 e. The van der Waals surface area contributed by atoms with Gasteiger partial charge in [-0.05, 0) is 13.8 Å². The first-order valence-corrected chi connectivity index (χ1v) is 7.37. The molecule has 0 fully saturated rings. The van der Waals surface area contributed by atoms with E-state index < -0.39 is 10.0 Å². The van der Waals surface area contributed by atoms with E-state index in [4.69, 9.17) is 0 Å². The maximum atomic E-state index is 11.2. The number of anilines is 1. The van der Waals surface area contributed by atoms with Crippen molar-refractivity contribution in [1.82, 2.24) is 4.98 Å². The van der Waals surface area contributed by atoms with E-state index in [9.17, 15) is 8.42 Å². The van der Waals surface area contributed by atoms with Crippen LogP contribution in [-0.4, -0.2) is 26.7 Å². The molecule has 1 heterocycles. The highest BCUT2D eigenvalue weighted by Gasteiger charge is 2.17. The number of rotatable bonds is 2. The topological polar surface area (TPSA) is 50.3 Å². The number of nitrogens with zero attached hydrogens (tertiary/aromatic N) is 2. The number of aromatic nitrogens is 1. The second kappa shape index (κ2) is 5.46. The number of hydrogen-bond acceptors (Lipinski definition) is 4. The molecule has 0 atom stereocenters. The van der Waals surface area contributed by atoms with Gasteiger partial charge in [-0.3, -0.25) is 4.31 Å². The zero-order valence-electron chi connectivity index (χ0n) is 10.0. The molecule has 1 aromatic rings. The first-order valence-electron chi connectivity index (χ1n) is 4.70. The van der Waals surface area contributed by atoms with Crippen molar-refractivity contribution in [2.24, 2.45) is 0 Å². The Balaban J connectivity index is 0.000000921. The maximum Gasteiger partial charge on any atom is 0.232 e. The van der Waals surface area contributed by atoms with Gasteiger partial charge in [-0.15, -0.1) is 11.3 Å². The summed E-state index contributed by atoms with van der Waals surface area (Å²) in [5, 5.41) is 1.57. The SMILES string of the molecule is CC.Cc1nc(C)c(N(C)S(C)(=O)=O)s1. The Hall–Kier alpha value is -0.620. The summed E-state index contributed by atoms with van der Waals surface area (Å²) in [6.45, 7) is 7.66. The van der Waals surface area contributed by atoms with Crippen molar-refractivity contribution in [3.8, 4) is 0 Å². The summed E-state index contributed by atoms with van der Waals surface area (Å²) in [6, 6.07) is 0. The number of thiazole rings is 1. The Morgan fingerprint density at radius 1 is 1.27 bits per heavy atom. The second-order valence-electron chi connectivity index (χ2n) is 2.85. The number of hydrogen-bond donors (Lipinski definition) is 0. The fraction of sp³-hybridized carbons (Fsp3) is 0.667. The van der Waals surface area contributed by atoms with E-state index in [1.165, 1.54) is 28.9 Å². The molecule has 0 amide bonds. The predicted octanol–water partition coefficient (Wildman–Crippen LogP) is 2.18. The van der Waals surface area contributed by atoms with Crippen LogP contribution in [0.3, 0.4) is 0 Å². The Morgan fingerprint density at radius 3 is 2.00 bits per heavy atom. The van der Waals surface area contributed by atoms with Gasteiger partial charge in [-0.25, -0.2) is 13.4 Å². The molecule has 0 radical (unpaired) electrons. The molecule has 0 saturated heterocycles. The zero-order valence-corrected chi connectivity index (χ0v) is 11.7. The minimum atomic E-state index is -3.16. The van der Waals surface area contributed by atoms with Crippen molar-refractivity contribution >= 4 is 26.4 Å². The van der Waals surface area contributed by atoms with Crippen LogP contribution in [0.2, 0.25) is 0 Å². The molecular formula is C9H18N2O2S2. The van der Waals surface area contributed by atoms with E-state index in [0.29, 0.717) is 5.00 Å². The molecule has 4 nitrogen and oxygen atoms in total. The fourth-order valence-electron chi connectivity index (χ4n) is 0.963. The summed E-state index contributed by atoms with van der Waals surface area (Å²) in [5.74, 6) is 0. The van der Waals surface area contributed by atoms with Gasteiger partial charge in [-0.1, -0.05) is 13.8 Å².